The van der Waals surface area contributed by atoms with Crippen LogP contribution in [0.5, 0.6) is 5.75 Å². The number of ether oxygens (including phenoxy) is 1. The van der Waals surface area contributed by atoms with Crippen LogP contribution in [-0.2, 0) is 21.2 Å². The summed E-state index contributed by atoms with van der Waals surface area (Å²) in [7, 11) is -0.564. The molecular formula is C24H32N2O4S. The second kappa shape index (κ2) is 9.83. The average Bonchev–Trinajstić information content (AvgIpc) is 2.76. The molecule has 0 atom stereocenters. The van der Waals surface area contributed by atoms with Gasteiger partial charge < -0.3 is 9.64 Å². The van der Waals surface area contributed by atoms with Crippen LogP contribution in [0.3, 0.4) is 0 Å². The van der Waals surface area contributed by atoms with Crippen molar-refractivity contribution in [1.82, 2.24) is 9.21 Å². The van der Waals surface area contributed by atoms with Crippen LogP contribution in [0.25, 0.3) is 0 Å². The van der Waals surface area contributed by atoms with E-state index in [0.717, 1.165) is 40.4 Å². The number of rotatable bonds is 7. The second-order valence-corrected chi connectivity index (χ2v) is 10.4. The smallest absolute Gasteiger partial charge is 0.243 e. The van der Waals surface area contributed by atoms with Crippen LogP contribution in [0.4, 0.5) is 0 Å². The minimum atomic E-state index is -3.69. The summed E-state index contributed by atoms with van der Waals surface area (Å²) in [6, 6.07) is 13.2. The Bertz CT molecular complexity index is 1010. The maximum atomic E-state index is 12.9. The number of amides is 1. The van der Waals surface area contributed by atoms with Crippen molar-refractivity contribution in [3.8, 4) is 5.75 Å². The van der Waals surface area contributed by atoms with E-state index in [4.69, 9.17) is 4.74 Å². The first-order valence-electron chi connectivity index (χ1n) is 10.6. The number of hydrogen-bond donors (Lipinski definition) is 0. The molecule has 1 heterocycles. The third kappa shape index (κ3) is 5.66. The first-order valence-corrected chi connectivity index (χ1v) is 12.1. The molecule has 0 N–H and O–H groups in total. The van der Waals surface area contributed by atoms with Gasteiger partial charge in [0.2, 0.25) is 15.9 Å². The third-order valence-corrected chi connectivity index (χ3v) is 7.99. The second-order valence-electron chi connectivity index (χ2n) is 8.38. The van der Waals surface area contributed by atoms with E-state index in [2.05, 4.69) is 12.1 Å². The molecule has 1 saturated heterocycles. The maximum Gasteiger partial charge on any atom is 0.243 e. The Kier molecular flexibility index (Phi) is 7.38. The monoisotopic (exact) mass is 444 g/mol. The van der Waals surface area contributed by atoms with Crippen LogP contribution < -0.4 is 4.74 Å². The number of methoxy groups -OCH3 is 1. The van der Waals surface area contributed by atoms with Crippen LogP contribution in [0.1, 0.15) is 29.5 Å². The zero-order chi connectivity index (χ0) is 22.6. The van der Waals surface area contributed by atoms with E-state index in [1.54, 1.807) is 30.2 Å². The zero-order valence-electron chi connectivity index (χ0n) is 18.8. The number of likely N-dealkylation sites (tertiary alicyclic amines) is 1. The number of likely N-dealkylation sites (N-methyl/N-ethyl adjacent to an activating group) is 1. The molecule has 1 aliphatic heterocycles. The van der Waals surface area contributed by atoms with Crippen LogP contribution in [0, 0.1) is 19.8 Å². The lowest BCUT2D eigenvalue weighted by Gasteiger charge is -2.33. The van der Waals surface area contributed by atoms with E-state index >= 15 is 0 Å². The third-order valence-electron chi connectivity index (χ3n) is 6.20. The lowest BCUT2D eigenvalue weighted by molar-refractivity contribution is -0.132. The summed E-state index contributed by atoms with van der Waals surface area (Å²) >= 11 is 0. The van der Waals surface area contributed by atoms with Crippen LogP contribution in [-0.4, -0.2) is 57.3 Å². The van der Waals surface area contributed by atoms with Gasteiger partial charge in [0, 0.05) is 20.1 Å². The van der Waals surface area contributed by atoms with Gasteiger partial charge in [0.1, 0.15) is 5.75 Å². The molecule has 3 rings (SSSR count). The van der Waals surface area contributed by atoms with Gasteiger partial charge in [-0.2, -0.15) is 4.31 Å². The van der Waals surface area contributed by atoms with E-state index in [9.17, 15) is 13.2 Å². The lowest BCUT2D eigenvalue weighted by Crippen LogP contribution is -2.44. The molecule has 168 valence electrons. The Labute approximate surface area is 185 Å². The maximum absolute atomic E-state index is 12.9. The van der Waals surface area contributed by atoms with Crippen molar-refractivity contribution in [2.45, 2.75) is 38.0 Å². The van der Waals surface area contributed by atoms with Crippen LogP contribution in [0.15, 0.2) is 47.4 Å². The fraction of sp³-hybridized carbons (Fsp3) is 0.458. The van der Waals surface area contributed by atoms with Crippen LogP contribution in [0.2, 0.25) is 0 Å². The molecule has 7 heteroatoms. The largest absolute Gasteiger partial charge is 0.497 e. The van der Waals surface area contributed by atoms with Crippen molar-refractivity contribution >= 4 is 15.9 Å². The number of piperidine rings is 1. The average molecular weight is 445 g/mol. The number of hydrogen-bond acceptors (Lipinski definition) is 4. The van der Waals surface area contributed by atoms with Crippen molar-refractivity contribution in [1.29, 1.82) is 0 Å². The van der Waals surface area contributed by atoms with E-state index < -0.39 is 10.0 Å². The number of benzene rings is 2. The normalized spacial score (nSPS) is 15.3. The molecule has 0 spiro atoms. The topological polar surface area (TPSA) is 66.9 Å². The molecule has 2 aromatic rings. The predicted molar refractivity (Wildman–Crippen MR) is 122 cm³/mol. The molecule has 0 aromatic heterocycles. The van der Waals surface area contributed by atoms with Gasteiger partial charge in [0.15, 0.2) is 0 Å². The highest BCUT2D eigenvalue weighted by Gasteiger charge is 2.28. The summed E-state index contributed by atoms with van der Waals surface area (Å²) in [6.07, 6.45) is 2.82. The summed E-state index contributed by atoms with van der Waals surface area (Å²) in [5, 5.41) is 0. The van der Waals surface area contributed by atoms with Gasteiger partial charge in [0.05, 0.1) is 18.6 Å². The van der Waals surface area contributed by atoms with E-state index in [1.807, 2.05) is 26.0 Å². The van der Waals surface area contributed by atoms with Crippen molar-refractivity contribution in [2.75, 3.05) is 33.8 Å². The van der Waals surface area contributed by atoms with Gasteiger partial charge >= 0.3 is 0 Å². The summed E-state index contributed by atoms with van der Waals surface area (Å²) in [4.78, 5) is 14.8. The van der Waals surface area contributed by atoms with E-state index in [-0.39, 0.29) is 17.3 Å². The summed E-state index contributed by atoms with van der Waals surface area (Å²) in [6.45, 7) is 5.01. The van der Waals surface area contributed by atoms with Gasteiger partial charge in [-0.05, 0) is 80.0 Å². The van der Waals surface area contributed by atoms with Gasteiger partial charge in [-0.3, -0.25) is 4.79 Å². The molecule has 1 amide bonds. The molecule has 0 aliphatic carbocycles. The summed E-state index contributed by atoms with van der Waals surface area (Å²) < 4.78 is 32.1. The standard InChI is InChI=1S/C24H32N2O4S/c1-18-5-10-23(15-19(18)2)31(28,29)25(3)17-24(27)26-13-11-21(12-14-26)16-20-6-8-22(30-4)9-7-20/h5-10,15,21H,11-14,16-17H2,1-4H3. The summed E-state index contributed by atoms with van der Waals surface area (Å²) in [5.74, 6) is 1.23. The molecule has 0 radical (unpaired) electrons. The molecule has 0 saturated carbocycles. The number of carbonyl (C=O) groups excluding carboxylic acids is 1. The molecule has 1 fully saturated rings. The first-order chi connectivity index (χ1) is 14.7. The lowest BCUT2D eigenvalue weighted by atomic mass is 9.90. The Morgan fingerprint density at radius 1 is 1.06 bits per heavy atom. The van der Waals surface area contributed by atoms with Crippen molar-refractivity contribution in [3.63, 3.8) is 0 Å². The van der Waals surface area contributed by atoms with Crippen molar-refractivity contribution in [3.05, 3.63) is 59.2 Å². The quantitative estimate of drug-likeness (QED) is 0.656. The van der Waals surface area contributed by atoms with E-state index in [0.29, 0.717) is 19.0 Å². The highest BCUT2D eigenvalue weighted by molar-refractivity contribution is 7.89. The number of nitrogens with zero attached hydrogens (tertiary/aromatic N) is 2. The van der Waals surface area contributed by atoms with E-state index in [1.165, 1.54) is 12.6 Å². The van der Waals surface area contributed by atoms with Gasteiger partial charge in [-0.15, -0.1) is 0 Å². The molecule has 0 bridgehead atoms. The Morgan fingerprint density at radius 2 is 1.71 bits per heavy atom. The summed E-state index contributed by atoms with van der Waals surface area (Å²) in [5.41, 5.74) is 3.22. The number of aryl methyl sites for hydroxylation is 2. The molecular weight excluding hydrogens is 412 g/mol. The van der Waals surface area contributed by atoms with Gasteiger partial charge in [-0.1, -0.05) is 18.2 Å². The Hall–Kier alpha value is -2.38. The SMILES string of the molecule is COc1ccc(CC2CCN(C(=O)CN(C)S(=O)(=O)c3ccc(C)c(C)c3)CC2)cc1. The first kappa shape index (κ1) is 23.3. The molecule has 31 heavy (non-hydrogen) atoms. The predicted octanol–water partition coefficient (Wildman–Crippen LogP) is 3.41. The van der Waals surface area contributed by atoms with Crippen LogP contribution >= 0.6 is 0 Å². The Balaban J connectivity index is 1.53. The number of sulfonamides is 1. The molecule has 2 aromatic carbocycles. The highest BCUT2D eigenvalue weighted by atomic mass is 32.2. The molecule has 1 aliphatic rings. The Morgan fingerprint density at radius 3 is 2.29 bits per heavy atom. The minimum absolute atomic E-state index is 0.140. The zero-order valence-corrected chi connectivity index (χ0v) is 19.6. The van der Waals surface area contributed by atoms with Crippen molar-refractivity contribution in [2.24, 2.45) is 5.92 Å². The van der Waals surface area contributed by atoms with Gasteiger partial charge in [0.25, 0.3) is 0 Å². The fourth-order valence-corrected chi connectivity index (χ4v) is 5.12. The molecule has 0 unspecified atom stereocenters. The van der Waals surface area contributed by atoms with Crippen molar-refractivity contribution < 1.29 is 17.9 Å². The minimum Gasteiger partial charge on any atom is -0.497 e. The van der Waals surface area contributed by atoms with Gasteiger partial charge in [-0.25, -0.2) is 8.42 Å². The fourth-order valence-electron chi connectivity index (χ4n) is 3.91. The highest BCUT2D eigenvalue weighted by Crippen LogP contribution is 2.24. The number of carbonyl (C=O) groups is 1. The molecule has 6 nitrogen and oxygen atoms in total.